The van der Waals surface area contributed by atoms with Gasteiger partial charge in [0.25, 0.3) is 11.8 Å². The fourth-order valence-corrected chi connectivity index (χ4v) is 6.84. The average molecular weight is 600 g/mol. The van der Waals surface area contributed by atoms with Crippen LogP contribution in [0.3, 0.4) is 0 Å². The Bertz CT molecular complexity index is 1500. The normalized spacial score (nSPS) is 18.6. The molecule has 0 bridgehead atoms. The van der Waals surface area contributed by atoms with Crippen molar-refractivity contribution < 1.29 is 29.0 Å². The molecule has 0 aliphatic carbocycles. The molecule has 1 fully saturated rings. The highest BCUT2D eigenvalue weighted by atomic mass is 32.2. The summed E-state index contributed by atoms with van der Waals surface area (Å²) < 4.78 is 1.71. The number of nitrogen functional groups attached to an aromatic ring is 1. The van der Waals surface area contributed by atoms with Crippen LogP contribution in [0.15, 0.2) is 69.8 Å². The predicted molar refractivity (Wildman–Crippen MR) is 146 cm³/mol. The maximum Gasteiger partial charge on any atom is 0.276 e. The lowest BCUT2D eigenvalue weighted by Crippen LogP contribution is -2.71. The zero-order chi connectivity index (χ0) is 28.2. The summed E-state index contributed by atoms with van der Waals surface area (Å²) in [5, 5.41) is 19.6. The van der Waals surface area contributed by atoms with Crippen LogP contribution in [0.1, 0.15) is 5.69 Å². The molecule has 2 aliphatic rings. The van der Waals surface area contributed by atoms with Crippen molar-refractivity contribution in [1.29, 1.82) is 0 Å². The third-order valence-electron chi connectivity index (χ3n) is 5.71. The van der Waals surface area contributed by atoms with Crippen LogP contribution in [-0.4, -0.2) is 73.4 Å². The number of thiazole rings is 1. The summed E-state index contributed by atoms with van der Waals surface area (Å²) in [6.07, 6.45) is 8.34. The number of anilines is 2. The zero-order valence-corrected chi connectivity index (χ0v) is 23.2. The first-order valence-electron chi connectivity index (χ1n) is 11.5. The molecule has 0 spiro atoms. The molecule has 2 atom stereocenters. The van der Waals surface area contributed by atoms with Crippen molar-refractivity contribution in [2.45, 2.75) is 16.3 Å². The number of nitrogens with two attached hydrogens (primary N) is 1. The van der Waals surface area contributed by atoms with E-state index in [1.165, 1.54) is 35.5 Å². The first-order chi connectivity index (χ1) is 19.4. The molecule has 3 aromatic heterocycles. The second kappa shape index (κ2) is 11.9. The Balaban J connectivity index is 1.24. The van der Waals surface area contributed by atoms with E-state index in [0.29, 0.717) is 22.9 Å². The number of oxime groups is 1. The molecule has 0 aromatic carbocycles. The summed E-state index contributed by atoms with van der Waals surface area (Å²) in [6, 6.07) is 2.77. The van der Waals surface area contributed by atoms with E-state index in [1.807, 2.05) is 12.1 Å². The van der Waals surface area contributed by atoms with E-state index in [-0.39, 0.29) is 22.2 Å². The summed E-state index contributed by atoms with van der Waals surface area (Å²) in [6.45, 7) is 0. The van der Waals surface area contributed by atoms with Gasteiger partial charge in [-0.1, -0.05) is 9.83 Å². The Morgan fingerprint density at radius 1 is 1.35 bits per heavy atom. The molecule has 5 rings (SSSR count). The van der Waals surface area contributed by atoms with Crippen LogP contribution in [0.25, 0.3) is 0 Å². The Hall–Kier alpha value is -4.22. The van der Waals surface area contributed by atoms with E-state index in [9.17, 15) is 19.5 Å². The molecule has 40 heavy (non-hydrogen) atoms. The van der Waals surface area contributed by atoms with Crippen molar-refractivity contribution in [3.8, 4) is 0 Å². The summed E-state index contributed by atoms with van der Waals surface area (Å²) in [7, 11) is 1.27. The number of amides is 2. The Kier molecular flexibility index (Phi) is 8.13. The van der Waals surface area contributed by atoms with Gasteiger partial charge in [-0.2, -0.15) is 0 Å². The van der Waals surface area contributed by atoms with Gasteiger partial charge in [-0.3, -0.25) is 19.5 Å². The van der Waals surface area contributed by atoms with Gasteiger partial charge in [0.2, 0.25) is 18.2 Å². The van der Waals surface area contributed by atoms with Gasteiger partial charge < -0.3 is 25.8 Å². The molecular formula is C23H21N9O5S3. The fourth-order valence-electron chi connectivity index (χ4n) is 3.93. The van der Waals surface area contributed by atoms with Gasteiger partial charge in [0.15, 0.2) is 10.8 Å². The Labute approximate surface area is 239 Å². The number of carboxylic acid groups (broad SMARTS) is 1. The van der Waals surface area contributed by atoms with Crippen LogP contribution >= 0.6 is 34.9 Å². The van der Waals surface area contributed by atoms with Gasteiger partial charge in [-0.05, 0) is 5.57 Å². The molecule has 17 heteroatoms. The minimum atomic E-state index is -1.45. The van der Waals surface area contributed by atoms with Crippen LogP contribution in [-0.2, 0) is 19.2 Å². The van der Waals surface area contributed by atoms with E-state index in [0.717, 1.165) is 16.2 Å². The molecule has 5 heterocycles. The zero-order valence-electron chi connectivity index (χ0n) is 20.7. The number of fused-ring (bicyclic) bond motifs is 1. The van der Waals surface area contributed by atoms with Crippen LogP contribution in [0.4, 0.5) is 10.9 Å². The first kappa shape index (κ1) is 27.4. The molecule has 0 unspecified atom stereocenters. The molecule has 2 aliphatic heterocycles. The quantitative estimate of drug-likeness (QED) is 0.0868. The van der Waals surface area contributed by atoms with E-state index >= 15 is 0 Å². The van der Waals surface area contributed by atoms with Gasteiger partial charge in [-0.15, -0.1) is 40.3 Å². The average Bonchev–Trinajstić information content (AvgIpc) is 3.39. The first-order valence-corrected chi connectivity index (χ1v) is 14.5. The smallest absolute Gasteiger partial charge is 0.276 e. The molecule has 14 nitrogen and oxygen atoms in total. The molecule has 1 saturated heterocycles. The number of thioether (sulfide) groups is 2. The number of nitrogens with zero attached hydrogens (tertiary/aromatic N) is 6. The highest BCUT2D eigenvalue weighted by Crippen LogP contribution is 2.41. The van der Waals surface area contributed by atoms with Crippen molar-refractivity contribution in [1.82, 2.24) is 25.2 Å². The van der Waals surface area contributed by atoms with Crippen molar-refractivity contribution in [3.05, 3.63) is 65.5 Å². The Morgan fingerprint density at radius 3 is 2.80 bits per heavy atom. The number of β-lactam (4-membered cyclic amide) rings is 1. The number of hydrogen-bond donors (Lipinski definition) is 3. The van der Waals surface area contributed by atoms with Gasteiger partial charge >= 0.3 is 0 Å². The third-order valence-corrected chi connectivity index (χ3v) is 8.82. The third kappa shape index (κ3) is 5.70. The number of aliphatic carboxylic acids is 1. The van der Waals surface area contributed by atoms with E-state index in [2.05, 4.69) is 30.9 Å². The van der Waals surface area contributed by atoms with Crippen LogP contribution < -0.4 is 26.3 Å². The van der Waals surface area contributed by atoms with Gasteiger partial charge in [-0.25, -0.2) is 9.97 Å². The summed E-state index contributed by atoms with van der Waals surface area (Å²) in [5.41, 5.74) is 9.16. The van der Waals surface area contributed by atoms with E-state index in [4.69, 9.17) is 10.6 Å². The minimum absolute atomic E-state index is 0.147. The molecule has 0 saturated carbocycles. The second-order valence-corrected chi connectivity index (χ2v) is 11.3. The van der Waals surface area contributed by atoms with Crippen molar-refractivity contribution in [3.63, 3.8) is 0 Å². The number of carbonyl (C=O) groups is 3. The summed E-state index contributed by atoms with van der Waals surface area (Å²) in [5.74, 6) is -1.44. The molecule has 206 valence electrons. The topological polar surface area (TPSA) is 192 Å². The highest BCUT2D eigenvalue weighted by Gasteiger charge is 2.53. The van der Waals surface area contributed by atoms with E-state index < -0.39 is 29.2 Å². The summed E-state index contributed by atoms with van der Waals surface area (Å²) >= 11 is 3.91. The number of carboxylic acids is 1. The van der Waals surface area contributed by atoms with Gasteiger partial charge in [0.1, 0.15) is 24.2 Å². The fraction of sp³-hybridized carbons (Fsp3) is 0.217. The maximum atomic E-state index is 13.0. The van der Waals surface area contributed by atoms with Gasteiger partial charge in [0, 0.05) is 46.3 Å². The standard InChI is InChI=1S/C23H21N9O5S3/c1-37-30-16(14-11-40-23(24)27-14)19(33)28-17-20(34)32-18(22(35)36)12(10-39-21(17)32)9-38-13-2-6-31(7-3-13)29-15-8-25-4-5-26-15/h2-8,11,17,21H,9-10H2,1H3,(H4-,24,26,27,28,29,33,35,36)/b30-16-/t17-,21-/m1/s1. The molecule has 4 N–H and O–H groups in total. The molecule has 0 radical (unpaired) electrons. The van der Waals surface area contributed by atoms with Crippen LogP contribution in [0.2, 0.25) is 0 Å². The van der Waals surface area contributed by atoms with Crippen molar-refractivity contribution in [2.24, 2.45) is 5.16 Å². The predicted octanol–water partition coefficient (Wildman–Crippen LogP) is -0.775. The lowest BCUT2D eigenvalue weighted by Gasteiger charge is -2.50. The maximum absolute atomic E-state index is 13.0. The molecular weight excluding hydrogens is 579 g/mol. The van der Waals surface area contributed by atoms with Gasteiger partial charge in [0.05, 0.1) is 17.9 Å². The number of hydrogen-bond acceptors (Lipinski definition) is 14. The largest absolute Gasteiger partial charge is 0.543 e. The Morgan fingerprint density at radius 2 is 2.15 bits per heavy atom. The summed E-state index contributed by atoms with van der Waals surface area (Å²) in [4.78, 5) is 57.0. The molecule has 3 aromatic rings. The van der Waals surface area contributed by atoms with Crippen molar-refractivity contribution in [2.75, 3.05) is 29.8 Å². The number of rotatable bonds is 10. The lowest BCUT2D eigenvalue weighted by atomic mass is 10.0. The van der Waals surface area contributed by atoms with Crippen molar-refractivity contribution >= 4 is 69.3 Å². The number of carbonyl (C=O) groups excluding carboxylic acids is 3. The van der Waals surface area contributed by atoms with Crippen LogP contribution in [0, 0.1) is 0 Å². The number of pyridine rings is 1. The van der Waals surface area contributed by atoms with Crippen LogP contribution in [0.5, 0.6) is 0 Å². The monoisotopic (exact) mass is 599 g/mol. The second-order valence-electron chi connectivity index (χ2n) is 8.23. The molecule has 2 amide bonds. The highest BCUT2D eigenvalue weighted by molar-refractivity contribution is 8.01. The number of nitrogens with one attached hydrogen (secondary N) is 2. The SMILES string of the molecule is CO/N=C(\C(=O)N[C@@H]1C(=O)N2C(C(=O)[O-])=C(CSc3cc[n+](Nc4cnccn4)cc3)CS[C@H]12)c1csc(N)n1. The van der Waals surface area contributed by atoms with E-state index in [1.54, 1.807) is 41.0 Å². The lowest BCUT2D eigenvalue weighted by molar-refractivity contribution is -0.643. The minimum Gasteiger partial charge on any atom is -0.543 e. The number of aromatic nitrogens is 4.